The summed E-state index contributed by atoms with van der Waals surface area (Å²) in [5.74, 6) is 0.843. The maximum absolute atomic E-state index is 6.51. The number of rotatable bonds is 3. The van der Waals surface area contributed by atoms with Crippen LogP contribution < -0.4 is 10.5 Å². The molecule has 2 rings (SSSR count). The second-order valence-electron chi connectivity index (χ2n) is 5.23. The van der Waals surface area contributed by atoms with E-state index in [4.69, 9.17) is 22.1 Å². The molecule has 2 aromatic rings. The van der Waals surface area contributed by atoms with E-state index in [0.29, 0.717) is 0 Å². The lowest BCUT2D eigenvalue weighted by atomic mass is 9.92. The lowest BCUT2D eigenvalue weighted by Gasteiger charge is -2.22. The first-order chi connectivity index (χ1) is 9.86. The highest BCUT2D eigenvalue weighted by molar-refractivity contribution is 9.10. The molecule has 0 amide bonds. The molecular weight excluding hydrogens is 350 g/mol. The summed E-state index contributed by atoms with van der Waals surface area (Å²) < 4.78 is 6.62. The van der Waals surface area contributed by atoms with Crippen molar-refractivity contribution in [2.75, 3.05) is 7.11 Å². The van der Waals surface area contributed by atoms with E-state index < -0.39 is 0 Å². The number of halogens is 2. The van der Waals surface area contributed by atoms with Gasteiger partial charge in [-0.25, -0.2) is 0 Å². The molecule has 0 saturated carbocycles. The number of hydrogen-bond donors (Lipinski definition) is 1. The Morgan fingerprint density at radius 1 is 1.14 bits per heavy atom. The Labute approximate surface area is 139 Å². The van der Waals surface area contributed by atoms with Crippen LogP contribution in [0, 0.1) is 20.8 Å². The summed E-state index contributed by atoms with van der Waals surface area (Å²) in [7, 11) is 1.68. The minimum absolute atomic E-state index is 0.257. The predicted octanol–water partition coefficient (Wildman–Crippen LogP) is 5.08. The van der Waals surface area contributed by atoms with Gasteiger partial charge in [0.1, 0.15) is 5.75 Å². The van der Waals surface area contributed by atoms with E-state index in [1.165, 1.54) is 0 Å². The summed E-state index contributed by atoms with van der Waals surface area (Å²) in [6.45, 7) is 6.05. The van der Waals surface area contributed by atoms with E-state index in [-0.39, 0.29) is 6.04 Å². The van der Waals surface area contributed by atoms with Crippen molar-refractivity contribution in [1.29, 1.82) is 0 Å². The van der Waals surface area contributed by atoms with Crippen LogP contribution in [0.2, 0.25) is 5.02 Å². The van der Waals surface area contributed by atoms with E-state index in [2.05, 4.69) is 22.0 Å². The number of nitrogens with two attached hydrogens (primary N) is 1. The van der Waals surface area contributed by atoms with E-state index >= 15 is 0 Å². The molecule has 2 nitrogen and oxygen atoms in total. The van der Waals surface area contributed by atoms with Gasteiger partial charge in [-0.1, -0.05) is 39.7 Å². The van der Waals surface area contributed by atoms with Gasteiger partial charge in [0.05, 0.1) is 13.2 Å². The molecule has 21 heavy (non-hydrogen) atoms. The summed E-state index contributed by atoms with van der Waals surface area (Å²) in [4.78, 5) is 0. The van der Waals surface area contributed by atoms with Gasteiger partial charge in [0, 0.05) is 15.1 Å². The van der Waals surface area contributed by atoms with Crippen LogP contribution >= 0.6 is 27.5 Å². The molecule has 0 fully saturated rings. The number of methoxy groups -OCH3 is 1. The van der Waals surface area contributed by atoms with E-state index in [0.717, 1.165) is 43.1 Å². The Morgan fingerprint density at radius 2 is 1.81 bits per heavy atom. The van der Waals surface area contributed by atoms with Crippen LogP contribution in [-0.4, -0.2) is 7.11 Å². The Morgan fingerprint density at radius 3 is 2.38 bits per heavy atom. The molecule has 0 radical (unpaired) electrons. The molecule has 2 aromatic carbocycles. The van der Waals surface area contributed by atoms with Gasteiger partial charge in [-0.2, -0.15) is 0 Å². The Kier molecular flexibility index (Phi) is 4.97. The van der Waals surface area contributed by atoms with Crippen molar-refractivity contribution >= 4 is 27.5 Å². The zero-order valence-corrected chi connectivity index (χ0v) is 15.0. The molecule has 0 spiro atoms. The number of aryl methyl sites for hydroxylation is 2. The van der Waals surface area contributed by atoms with Crippen molar-refractivity contribution in [3.63, 3.8) is 0 Å². The molecule has 0 aromatic heterocycles. The van der Waals surface area contributed by atoms with Crippen molar-refractivity contribution in [2.24, 2.45) is 5.73 Å². The number of hydrogen-bond acceptors (Lipinski definition) is 2. The lowest BCUT2D eigenvalue weighted by molar-refractivity contribution is 0.404. The van der Waals surface area contributed by atoms with Gasteiger partial charge < -0.3 is 10.5 Å². The SMILES string of the molecule is COc1c(C)cc(Br)c(C)c1C(N)c1ccc(Cl)c(C)c1. The smallest absolute Gasteiger partial charge is 0.127 e. The second-order valence-corrected chi connectivity index (χ2v) is 6.50. The summed E-state index contributed by atoms with van der Waals surface area (Å²) in [6, 6.07) is 7.68. The molecule has 2 N–H and O–H groups in total. The van der Waals surface area contributed by atoms with Gasteiger partial charge in [0.15, 0.2) is 0 Å². The van der Waals surface area contributed by atoms with Crippen molar-refractivity contribution in [3.05, 3.63) is 61.6 Å². The maximum atomic E-state index is 6.51. The average Bonchev–Trinajstić information content (AvgIpc) is 2.44. The standard InChI is InChI=1S/C17H19BrClNO/c1-9-7-12(5-6-14(9)19)16(20)15-11(3)13(18)8-10(2)17(15)21-4/h5-8,16H,20H2,1-4H3. The van der Waals surface area contributed by atoms with Crippen molar-refractivity contribution in [1.82, 2.24) is 0 Å². The third kappa shape index (κ3) is 3.10. The molecule has 1 atom stereocenters. The molecule has 0 aliphatic carbocycles. The second kappa shape index (κ2) is 6.39. The Bertz CT molecular complexity index is 685. The van der Waals surface area contributed by atoms with Crippen LogP contribution in [0.1, 0.15) is 33.9 Å². The lowest BCUT2D eigenvalue weighted by Crippen LogP contribution is -2.15. The first kappa shape index (κ1) is 16.3. The highest BCUT2D eigenvalue weighted by atomic mass is 79.9. The van der Waals surface area contributed by atoms with E-state index in [1.54, 1.807) is 7.11 Å². The molecule has 112 valence electrons. The van der Waals surface area contributed by atoms with Gasteiger partial charge in [0.2, 0.25) is 0 Å². The molecule has 0 bridgehead atoms. The van der Waals surface area contributed by atoms with Crippen LogP contribution in [0.25, 0.3) is 0 Å². The quantitative estimate of drug-likeness (QED) is 0.819. The number of ether oxygens (including phenoxy) is 1. The predicted molar refractivity (Wildman–Crippen MR) is 92.4 cm³/mol. The van der Waals surface area contributed by atoms with Crippen LogP contribution in [0.3, 0.4) is 0 Å². The van der Waals surface area contributed by atoms with Crippen molar-refractivity contribution < 1.29 is 4.74 Å². The fourth-order valence-corrected chi connectivity index (χ4v) is 3.22. The molecule has 1 unspecified atom stereocenters. The Hall–Kier alpha value is -1.03. The molecule has 0 aliphatic heterocycles. The summed E-state index contributed by atoms with van der Waals surface area (Å²) in [6.07, 6.45) is 0. The van der Waals surface area contributed by atoms with Crippen LogP contribution in [0.15, 0.2) is 28.7 Å². The van der Waals surface area contributed by atoms with Crippen molar-refractivity contribution in [2.45, 2.75) is 26.8 Å². The monoisotopic (exact) mass is 367 g/mol. The third-order valence-corrected chi connectivity index (χ3v) is 5.01. The first-order valence-corrected chi connectivity index (χ1v) is 7.89. The van der Waals surface area contributed by atoms with E-state index in [9.17, 15) is 0 Å². The third-order valence-electron chi connectivity index (χ3n) is 3.76. The van der Waals surface area contributed by atoms with Crippen molar-refractivity contribution in [3.8, 4) is 5.75 Å². The van der Waals surface area contributed by atoms with Gasteiger partial charge >= 0.3 is 0 Å². The van der Waals surface area contributed by atoms with Gasteiger partial charge in [-0.15, -0.1) is 0 Å². The minimum atomic E-state index is -0.257. The minimum Gasteiger partial charge on any atom is -0.496 e. The zero-order valence-electron chi connectivity index (χ0n) is 12.6. The largest absolute Gasteiger partial charge is 0.496 e. The van der Waals surface area contributed by atoms with Gasteiger partial charge in [0.25, 0.3) is 0 Å². The summed E-state index contributed by atoms with van der Waals surface area (Å²) in [5.41, 5.74) is 11.7. The average molecular weight is 369 g/mol. The fraction of sp³-hybridized carbons (Fsp3) is 0.294. The van der Waals surface area contributed by atoms with Gasteiger partial charge in [-0.05, 0) is 55.2 Å². The zero-order chi connectivity index (χ0) is 15.7. The topological polar surface area (TPSA) is 35.2 Å². The molecular formula is C17H19BrClNO. The molecule has 0 aliphatic rings. The highest BCUT2D eigenvalue weighted by Gasteiger charge is 2.20. The van der Waals surface area contributed by atoms with Crippen LogP contribution in [-0.2, 0) is 0 Å². The van der Waals surface area contributed by atoms with Gasteiger partial charge in [-0.3, -0.25) is 0 Å². The molecule has 4 heteroatoms. The molecule has 0 saturated heterocycles. The first-order valence-electron chi connectivity index (χ1n) is 6.72. The number of benzene rings is 2. The maximum Gasteiger partial charge on any atom is 0.127 e. The van der Waals surface area contributed by atoms with Crippen LogP contribution in [0.4, 0.5) is 0 Å². The summed E-state index contributed by atoms with van der Waals surface area (Å²) >= 11 is 9.69. The molecule has 0 heterocycles. The fourth-order valence-electron chi connectivity index (χ4n) is 2.55. The van der Waals surface area contributed by atoms with E-state index in [1.807, 2.05) is 39.0 Å². The highest BCUT2D eigenvalue weighted by Crippen LogP contribution is 2.38. The Balaban J connectivity index is 2.62. The van der Waals surface area contributed by atoms with Crippen LogP contribution in [0.5, 0.6) is 5.75 Å². The normalized spacial score (nSPS) is 12.3. The summed E-state index contributed by atoms with van der Waals surface area (Å²) in [5, 5.41) is 0.750.